The monoisotopic (exact) mass is 437 g/mol. The quantitative estimate of drug-likeness (QED) is 0.607. The normalized spacial score (nSPS) is 17.5. The Kier molecular flexibility index (Phi) is 5.57. The smallest absolute Gasteiger partial charge is 0.278 e. The van der Waals surface area contributed by atoms with Gasteiger partial charge in [-0.25, -0.2) is 0 Å². The van der Waals surface area contributed by atoms with Crippen LogP contribution in [0.2, 0.25) is 0 Å². The van der Waals surface area contributed by atoms with E-state index in [-0.39, 0.29) is 23.6 Å². The second-order valence-corrected chi connectivity index (χ2v) is 8.91. The third-order valence-electron chi connectivity index (χ3n) is 5.69. The largest absolute Gasteiger partial charge is 0.376 e. The first-order chi connectivity index (χ1) is 15.2. The maximum absolute atomic E-state index is 13.0. The molecule has 3 heterocycles. The molecule has 0 bridgehead atoms. The number of nitrogens with zero attached hydrogens (tertiary/aromatic N) is 1. The Hall–Kier alpha value is -2.97. The highest BCUT2D eigenvalue weighted by atomic mass is 32.1. The average Bonchev–Trinajstić information content (AvgIpc) is 3.57. The Morgan fingerprint density at radius 3 is 2.81 bits per heavy atom. The van der Waals surface area contributed by atoms with Gasteiger partial charge in [0, 0.05) is 29.7 Å². The zero-order valence-electron chi connectivity index (χ0n) is 17.0. The van der Waals surface area contributed by atoms with Crippen LogP contribution in [0, 0.1) is 0 Å². The lowest BCUT2D eigenvalue weighted by atomic mass is 10.1. The molecular weight excluding hydrogens is 414 g/mol. The van der Waals surface area contributed by atoms with E-state index >= 15 is 0 Å². The number of fused-ring (bicyclic) bond motifs is 1. The second kappa shape index (κ2) is 8.64. The van der Waals surface area contributed by atoms with Crippen molar-refractivity contribution in [2.24, 2.45) is 0 Å². The number of ether oxygens (including phenoxy) is 1. The topological polar surface area (TPSA) is 93.5 Å². The number of aryl methyl sites for hydroxylation is 1. The first kappa shape index (κ1) is 20.0. The standard InChI is InChI=1S/C23H23N3O4S/c27-21(17-12-18(30-26-17)14-6-2-1-3-7-14)25-23-20(16-9-4-10-19(16)31-23)22(28)24-13-15-8-5-11-29-15/h1-3,6-7,12,15H,4-5,8-11,13H2,(H,24,28)(H,25,27). The highest BCUT2D eigenvalue weighted by Gasteiger charge is 2.29. The van der Waals surface area contributed by atoms with Gasteiger partial charge in [0.2, 0.25) is 0 Å². The number of carbonyl (C=O) groups is 2. The lowest BCUT2D eigenvalue weighted by molar-refractivity contribution is 0.0858. The summed E-state index contributed by atoms with van der Waals surface area (Å²) in [5.74, 6) is -0.0247. The van der Waals surface area contributed by atoms with Crippen LogP contribution in [0.3, 0.4) is 0 Å². The van der Waals surface area contributed by atoms with Crippen molar-refractivity contribution >= 4 is 28.2 Å². The molecule has 2 N–H and O–H groups in total. The van der Waals surface area contributed by atoms with Gasteiger partial charge in [0.25, 0.3) is 11.8 Å². The van der Waals surface area contributed by atoms with Gasteiger partial charge in [-0.15, -0.1) is 11.3 Å². The van der Waals surface area contributed by atoms with Crippen LogP contribution in [0.4, 0.5) is 5.00 Å². The van der Waals surface area contributed by atoms with E-state index in [1.165, 1.54) is 16.2 Å². The summed E-state index contributed by atoms with van der Waals surface area (Å²) in [5, 5.41) is 10.4. The van der Waals surface area contributed by atoms with E-state index in [4.69, 9.17) is 9.26 Å². The minimum absolute atomic E-state index is 0.0696. The minimum atomic E-state index is -0.390. The van der Waals surface area contributed by atoms with E-state index in [0.29, 0.717) is 22.9 Å². The summed E-state index contributed by atoms with van der Waals surface area (Å²) in [7, 11) is 0. The predicted molar refractivity (Wildman–Crippen MR) is 118 cm³/mol. The van der Waals surface area contributed by atoms with E-state index in [2.05, 4.69) is 15.8 Å². The van der Waals surface area contributed by atoms with Crippen molar-refractivity contribution in [1.29, 1.82) is 0 Å². The Bertz CT molecular complexity index is 1100. The molecular formula is C23H23N3O4S. The Labute approximate surface area is 183 Å². The van der Waals surface area contributed by atoms with Crippen LogP contribution < -0.4 is 10.6 Å². The minimum Gasteiger partial charge on any atom is -0.376 e. The van der Waals surface area contributed by atoms with Gasteiger partial charge in [0.1, 0.15) is 5.00 Å². The summed E-state index contributed by atoms with van der Waals surface area (Å²) in [6.45, 7) is 1.24. The molecule has 3 aromatic rings. The molecule has 2 aliphatic rings. The summed E-state index contributed by atoms with van der Waals surface area (Å²) in [6.07, 6.45) is 4.88. The van der Waals surface area contributed by atoms with Gasteiger partial charge >= 0.3 is 0 Å². The van der Waals surface area contributed by atoms with Gasteiger partial charge in [-0.1, -0.05) is 35.5 Å². The summed E-state index contributed by atoms with van der Waals surface area (Å²) < 4.78 is 10.9. The van der Waals surface area contributed by atoms with Crippen molar-refractivity contribution in [3.05, 3.63) is 58.1 Å². The molecule has 1 aliphatic carbocycles. The molecule has 1 fully saturated rings. The van der Waals surface area contributed by atoms with E-state index in [0.717, 1.165) is 49.8 Å². The van der Waals surface area contributed by atoms with Gasteiger partial charge in [-0.3, -0.25) is 9.59 Å². The Morgan fingerprint density at radius 1 is 1.13 bits per heavy atom. The Balaban J connectivity index is 1.34. The summed E-state index contributed by atoms with van der Waals surface area (Å²) in [5.41, 5.74) is 2.65. The number of hydrogen-bond donors (Lipinski definition) is 2. The molecule has 0 saturated carbocycles. The van der Waals surface area contributed by atoms with Crippen LogP contribution >= 0.6 is 11.3 Å². The summed E-state index contributed by atoms with van der Waals surface area (Å²) >= 11 is 1.48. The van der Waals surface area contributed by atoms with Gasteiger partial charge in [-0.2, -0.15) is 0 Å². The maximum atomic E-state index is 13.0. The number of carbonyl (C=O) groups excluding carboxylic acids is 2. The third kappa shape index (κ3) is 4.13. The molecule has 0 spiro atoms. The lowest BCUT2D eigenvalue weighted by Crippen LogP contribution is -2.32. The van der Waals surface area contributed by atoms with E-state index in [1.54, 1.807) is 6.07 Å². The zero-order chi connectivity index (χ0) is 21.2. The molecule has 5 rings (SSSR count). The number of benzene rings is 1. The van der Waals surface area contributed by atoms with Crippen molar-refractivity contribution in [3.8, 4) is 11.3 Å². The fourth-order valence-corrected chi connectivity index (χ4v) is 5.40. The predicted octanol–water partition coefficient (Wildman–Crippen LogP) is 4.05. The van der Waals surface area contributed by atoms with Gasteiger partial charge < -0.3 is 19.9 Å². The molecule has 7 nitrogen and oxygen atoms in total. The van der Waals surface area contributed by atoms with Crippen LogP contribution in [0.15, 0.2) is 40.9 Å². The number of anilines is 1. The average molecular weight is 438 g/mol. The van der Waals surface area contributed by atoms with Crippen molar-refractivity contribution in [3.63, 3.8) is 0 Å². The van der Waals surface area contributed by atoms with E-state index in [1.807, 2.05) is 30.3 Å². The fraction of sp³-hybridized carbons (Fsp3) is 0.348. The maximum Gasteiger partial charge on any atom is 0.278 e. The molecule has 0 radical (unpaired) electrons. The molecule has 31 heavy (non-hydrogen) atoms. The fourth-order valence-electron chi connectivity index (χ4n) is 4.12. The van der Waals surface area contributed by atoms with Gasteiger partial charge in [0.05, 0.1) is 11.7 Å². The zero-order valence-corrected chi connectivity index (χ0v) is 17.8. The number of thiophene rings is 1. The highest BCUT2D eigenvalue weighted by molar-refractivity contribution is 7.17. The van der Waals surface area contributed by atoms with Crippen molar-refractivity contribution in [2.75, 3.05) is 18.5 Å². The van der Waals surface area contributed by atoms with Crippen LogP contribution in [0.1, 0.15) is 50.5 Å². The number of amides is 2. The van der Waals surface area contributed by atoms with Gasteiger partial charge in [-0.05, 0) is 37.7 Å². The molecule has 2 aromatic heterocycles. The first-order valence-electron chi connectivity index (χ1n) is 10.6. The molecule has 1 atom stereocenters. The molecule has 1 aliphatic heterocycles. The number of rotatable bonds is 6. The van der Waals surface area contributed by atoms with Crippen molar-refractivity contribution in [1.82, 2.24) is 10.5 Å². The van der Waals surface area contributed by atoms with Crippen LogP contribution in [-0.4, -0.2) is 36.2 Å². The Morgan fingerprint density at radius 2 is 2.00 bits per heavy atom. The molecule has 2 amide bonds. The molecule has 160 valence electrons. The number of aromatic nitrogens is 1. The second-order valence-electron chi connectivity index (χ2n) is 7.80. The highest BCUT2D eigenvalue weighted by Crippen LogP contribution is 2.39. The number of hydrogen-bond acceptors (Lipinski definition) is 6. The molecule has 8 heteroatoms. The SMILES string of the molecule is O=C(Nc1sc2c(c1C(=O)NCC1CCCO1)CCC2)c1cc(-c2ccccc2)on1. The van der Waals surface area contributed by atoms with Crippen molar-refractivity contribution < 1.29 is 18.8 Å². The van der Waals surface area contributed by atoms with Gasteiger partial charge in [0.15, 0.2) is 11.5 Å². The third-order valence-corrected chi connectivity index (χ3v) is 6.90. The summed E-state index contributed by atoms with van der Waals surface area (Å²) in [4.78, 5) is 27.0. The first-order valence-corrected chi connectivity index (χ1v) is 11.4. The number of nitrogens with one attached hydrogen (secondary N) is 2. The van der Waals surface area contributed by atoms with Crippen LogP contribution in [-0.2, 0) is 17.6 Å². The van der Waals surface area contributed by atoms with E-state index in [9.17, 15) is 9.59 Å². The lowest BCUT2D eigenvalue weighted by Gasteiger charge is -2.12. The molecule has 1 saturated heterocycles. The molecule has 1 unspecified atom stereocenters. The summed E-state index contributed by atoms with van der Waals surface area (Å²) in [6, 6.07) is 11.1. The van der Waals surface area contributed by atoms with Crippen LogP contribution in [0.25, 0.3) is 11.3 Å². The van der Waals surface area contributed by atoms with E-state index < -0.39 is 0 Å². The molecule has 1 aromatic carbocycles. The van der Waals surface area contributed by atoms with Crippen molar-refractivity contribution in [2.45, 2.75) is 38.2 Å². The van der Waals surface area contributed by atoms with Crippen LogP contribution in [0.5, 0.6) is 0 Å².